The van der Waals surface area contributed by atoms with Gasteiger partial charge in [-0.1, -0.05) is 59.7 Å². The number of rotatable bonds is 10. The van der Waals surface area contributed by atoms with Crippen molar-refractivity contribution in [3.63, 3.8) is 0 Å². The van der Waals surface area contributed by atoms with Crippen molar-refractivity contribution in [1.82, 2.24) is 15.2 Å². The number of aromatic nitrogens is 1. The number of aryl methyl sites for hydroxylation is 2. The second-order valence-corrected chi connectivity index (χ2v) is 10.6. The molecule has 0 bridgehead atoms. The Balaban J connectivity index is 1.42. The molecule has 8 heteroatoms. The molecule has 3 aromatic carbocycles. The Kier molecular flexibility index (Phi) is 8.24. The summed E-state index contributed by atoms with van der Waals surface area (Å²) in [7, 11) is 1.58. The number of carboxylic acids is 1. The highest BCUT2D eigenvalue weighted by molar-refractivity contribution is 5.98. The third kappa shape index (κ3) is 6.28. The fraction of sp³-hybridized carbons (Fsp3) is 0.206. The number of amides is 2. The van der Waals surface area contributed by atoms with Crippen LogP contribution in [0.15, 0.2) is 95.7 Å². The van der Waals surface area contributed by atoms with Crippen LogP contribution in [0.5, 0.6) is 0 Å². The molecule has 0 unspecified atom stereocenters. The lowest BCUT2D eigenvalue weighted by Crippen LogP contribution is -2.53. The molecule has 2 amide bonds. The quantitative estimate of drug-likeness (QED) is 0.206. The van der Waals surface area contributed by atoms with Crippen LogP contribution < -0.4 is 5.32 Å². The van der Waals surface area contributed by atoms with E-state index in [2.05, 4.69) is 10.3 Å². The molecular formula is C34H33N3O5. The van der Waals surface area contributed by atoms with Gasteiger partial charge in [-0.05, 0) is 55.3 Å². The maximum Gasteiger partial charge on any atom is 0.326 e. The first-order chi connectivity index (χ1) is 20.2. The van der Waals surface area contributed by atoms with E-state index in [-0.39, 0.29) is 18.7 Å². The predicted octanol–water partition coefficient (Wildman–Crippen LogP) is 5.54. The van der Waals surface area contributed by atoms with Gasteiger partial charge < -0.3 is 24.7 Å². The van der Waals surface area contributed by atoms with E-state index in [1.807, 2.05) is 80.6 Å². The van der Waals surface area contributed by atoms with Gasteiger partial charge in [-0.25, -0.2) is 4.79 Å². The highest BCUT2D eigenvalue weighted by Crippen LogP contribution is 2.23. The summed E-state index contributed by atoms with van der Waals surface area (Å²) in [5.41, 5.74) is 5.70. The molecule has 0 fully saturated rings. The second kappa shape index (κ2) is 12.2. The third-order valence-corrected chi connectivity index (χ3v) is 7.46. The number of carboxylic acid groups (broad SMARTS) is 1. The summed E-state index contributed by atoms with van der Waals surface area (Å²) in [4.78, 5) is 44.3. The standard InChI is InChI=1S/C34H33N3O5/c1-21-15-22(2)17-25(16-21)33(39)37(3)30(18-23-10-12-24(13-11-23)31-9-6-14-42-31)32(38)36-29(34(40)41)19-26-20-35-28-8-5-4-7-27(26)28/h4-17,20,29-30,35H,18-19H2,1-3H3,(H,36,38)(H,40,41)/t29-,30+/m0/s1. The van der Waals surface area contributed by atoms with Gasteiger partial charge in [0.15, 0.2) is 0 Å². The lowest BCUT2D eigenvalue weighted by molar-refractivity contribution is -0.142. The van der Waals surface area contributed by atoms with Gasteiger partial charge in [0.2, 0.25) is 5.91 Å². The number of H-pyrrole nitrogens is 1. The van der Waals surface area contributed by atoms with E-state index in [0.717, 1.165) is 44.5 Å². The Bertz CT molecular complexity index is 1700. The van der Waals surface area contributed by atoms with Gasteiger partial charge in [-0.3, -0.25) is 9.59 Å². The Labute approximate surface area is 244 Å². The minimum absolute atomic E-state index is 0.0877. The smallest absolute Gasteiger partial charge is 0.326 e. The van der Waals surface area contributed by atoms with Crippen LogP contribution >= 0.6 is 0 Å². The molecule has 0 saturated heterocycles. The average molecular weight is 564 g/mol. The fourth-order valence-corrected chi connectivity index (χ4v) is 5.31. The number of fused-ring (bicyclic) bond motifs is 1. The van der Waals surface area contributed by atoms with Crippen LogP contribution in [0.2, 0.25) is 0 Å². The van der Waals surface area contributed by atoms with Gasteiger partial charge in [0.25, 0.3) is 5.91 Å². The van der Waals surface area contributed by atoms with Crippen molar-refractivity contribution in [2.24, 2.45) is 0 Å². The fourth-order valence-electron chi connectivity index (χ4n) is 5.31. The normalized spacial score (nSPS) is 12.5. The summed E-state index contributed by atoms with van der Waals surface area (Å²) < 4.78 is 5.48. The molecule has 0 spiro atoms. The minimum atomic E-state index is -1.19. The van der Waals surface area contributed by atoms with Crippen LogP contribution in [-0.2, 0) is 22.4 Å². The molecular weight excluding hydrogens is 530 g/mol. The van der Waals surface area contributed by atoms with Crippen molar-refractivity contribution in [3.05, 3.63) is 119 Å². The van der Waals surface area contributed by atoms with E-state index in [4.69, 9.17) is 4.42 Å². The van der Waals surface area contributed by atoms with Crippen molar-refractivity contribution in [2.75, 3.05) is 7.05 Å². The van der Waals surface area contributed by atoms with Crippen LogP contribution in [0, 0.1) is 13.8 Å². The number of hydrogen-bond donors (Lipinski definition) is 3. The van der Waals surface area contributed by atoms with Gasteiger partial charge in [0, 0.05) is 48.1 Å². The molecule has 0 aliphatic rings. The first-order valence-corrected chi connectivity index (χ1v) is 13.8. The number of nitrogens with one attached hydrogen (secondary N) is 2. The minimum Gasteiger partial charge on any atom is -0.480 e. The zero-order valence-corrected chi connectivity index (χ0v) is 23.8. The highest BCUT2D eigenvalue weighted by atomic mass is 16.4. The van der Waals surface area contributed by atoms with Gasteiger partial charge in [-0.15, -0.1) is 0 Å². The maximum atomic E-state index is 13.8. The van der Waals surface area contributed by atoms with Crippen molar-refractivity contribution in [2.45, 2.75) is 38.8 Å². The zero-order chi connectivity index (χ0) is 29.8. The number of furan rings is 1. The summed E-state index contributed by atoms with van der Waals surface area (Å²) in [6.45, 7) is 3.83. The van der Waals surface area contributed by atoms with Crippen LogP contribution in [0.3, 0.4) is 0 Å². The van der Waals surface area contributed by atoms with Crippen LogP contribution in [0.4, 0.5) is 0 Å². The lowest BCUT2D eigenvalue weighted by Gasteiger charge is -2.29. The van der Waals surface area contributed by atoms with Crippen LogP contribution in [-0.4, -0.2) is 51.9 Å². The molecule has 214 valence electrons. The van der Waals surface area contributed by atoms with Gasteiger partial charge >= 0.3 is 5.97 Å². The molecule has 8 nitrogen and oxygen atoms in total. The molecule has 3 N–H and O–H groups in total. The summed E-state index contributed by atoms with van der Waals surface area (Å²) in [5, 5.41) is 13.7. The molecule has 2 aromatic heterocycles. The van der Waals surface area contributed by atoms with Crippen molar-refractivity contribution in [3.8, 4) is 11.3 Å². The maximum absolute atomic E-state index is 13.8. The Morgan fingerprint density at radius 1 is 0.929 bits per heavy atom. The molecule has 2 heterocycles. The Morgan fingerprint density at radius 3 is 2.31 bits per heavy atom. The summed E-state index contributed by atoms with van der Waals surface area (Å²) >= 11 is 0. The van der Waals surface area contributed by atoms with E-state index in [9.17, 15) is 19.5 Å². The lowest BCUT2D eigenvalue weighted by atomic mass is 9.99. The van der Waals surface area contributed by atoms with E-state index in [0.29, 0.717) is 5.56 Å². The number of hydrogen-bond acceptors (Lipinski definition) is 4. The van der Waals surface area contributed by atoms with Crippen molar-refractivity contribution in [1.29, 1.82) is 0 Å². The monoisotopic (exact) mass is 563 g/mol. The Hall–Kier alpha value is -5.11. The van der Waals surface area contributed by atoms with Gasteiger partial charge in [0.1, 0.15) is 17.8 Å². The number of aromatic amines is 1. The molecule has 42 heavy (non-hydrogen) atoms. The van der Waals surface area contributed by atoms with Crippen LogP contribution in [0.25, 0.3) is 22.2 Å². The number of para-hydroxylation sites is 1. The van der Waals surface area contributed by atoms with Gasteiger partial charge in [-0.2, -0.15) is 0 Å². The number of benzene rings is 3. The molecule has 0 saturated carbocycles. The van der Waals surface area contributed by atoms with Crippen molar-refractivity contribution >= 4 is 28.7 Å². The van der Waals surface area contributed by atoms with E-state index in [1.54, 1.807) is 31.6 Å². The van der Waals surface area contributed by atoms with Crippen molar-refractivity contribution < 1.29 is 23.9 Å². The van der Waals surface area contributed by atoms with E-state index >= 15 is 0 Å². The van der Waals surface area contributed by atoms with Gasteiger partial charge in [0.05, 0.1) is 6.26 Å². The molecule has 5 rings (SSSR count). The largest absolute Gasteiger partial charge is 0.480 e. The number of carbonyl (C=O) groups excluding carboxylic acids is 2. The average Bonchev–Trinajstić information content (AvgIpc) is 3.65. The van der Waals surface area contributed by atoms with Crippen LogP contribution in [0.1, 0.15) is 32.6 Å². The van der Waals surface area contributed by atoms with E-state index in [1.165, 1.54) is 4.90 Å². The predicted molar refractivity (Wildman–Crippen MR) is 161 cm³/mol. The topological polar surface area (TPSA) is 116 Å². The molecule has 0 aliphatic carbocycles. The summed E-state index contributed by atoms with van der Waals surface area (Å²) in [5.74, 6) is -1.30. The number of likely N-dealkylation sites (N-methyl/N-ethyl adjacent to an activating group) is 1. The third-order valence-electron chi connectivity index (χ3n) is 7.46. The molecule has 5 aromatic rings. The number of nitrogens with zero attached hydrogens (tertiary/aromatic N) is 1. The summed E-state index contributed by atoms with van der Waals surface area (Å²) in [6, 6.07) is 22.2. The summed E-state index contributed by atoms with van der Waals surface area (Å²) in [6.07, 6.45) is 3.65. The molecule has 0 aliphatic heterocycles. The second-order valence-electron chi connectivity index (χ2n) is 10.6. The number of aliphatic carboxylic acids is 1. The first kappa shape index (κ1) is 28.4. The van der Waals surface area contributed by atoms with E-state index < -0.39 is 24.0 Å². The number of carbonyl (C=O) groups is 3. The molecule has 0 radical (unpaired) electrons. The highest BCUT2D eigenvalue weighted by Gasteiger charge is 2.32. The molecule has 2 atom stereocenters. The SMILES string of the molecule is Cc1cc(C)cc(C(=O)N(C)[C@H](Cc2ccc(-c3ccco3)cc2)C(=O)N[C@@H](Cc2c[nH]c3ccccc23)C(=O)O)c1. The Morgan fingerprint density at radius 2 is 1.64 bits per heavy atom. The first-order valence-electron chi connectivity index (χ1n) is 13.8. The zero-order valence-electron chi connectivity index (χ0n) is 23.8.